The lowest BCUT2D eigenvalue weighted by molar-refractivity contribution is -0.139. The number of aliphatic carboxylic acids is 1. The van der Waals surface area contributed by atoms with Crippen molar-refractivity contribution in [1.82, 2.24) is 0 Å². The number of ether oxygens (including phenoxy) is 1. The summed E-state index contributed by atoms with van der Waals surface area (Å²) in [5.41, 5.74) is 0.819. The minimum absolute atomic E-state index is 0.427. The molecule has 0 aliphatic heterocycles. The SMILES string of the molecule is COc1ccc(C=CC(=O)CC(=O)O)cc1. The van der Waals surface area contributed by atoms with Crippen molar-refractivity contribution in [3.05, 3.63) is 35.9 Å². The highest BCUT2D eigenvalue weighted by atomic mass is 16.5. The molecule has 1 N–H and O–H groups in total. The van der Waals surface area contributed by atoms with Crippen molar-refractivity contribution in [2.24, 2.45) is 0 Å². The number of rotatable bonds is 5. The van der Waals surface area contributed by atoms with Crippen molar-refractivity contribution < 1.29 is 19.4 Å². The number of methoxy groups -OCH3 is 1. The van der Waals surface area contributed by atoms with E-state index in [9.17, 15) is 9.59 Å². The van der Waals surface area contributed by atoms with Gasteiger partial charge < -0.3 is 9.84 Å². The number of benzene rings is 1. The summed E-state index contributed by atoms with van der Waals surface area (Å²) in [5.74, 6) is -0.818. The van der Waals surface area contributed by atoms with Gasteiger partial charge in [0.15, 0.2) is 5.78 Å². The van der Waals surface area contributed by atoms with Gasteiger partial charge >= 0.3 is 5.97 Å². The number of ketones is 1. The van der Waals surface area contributed by atoms with E-state index < -0.39 is 18.2 Å². The van der Waals surface area contributed by atoms with Gasteiger partial charge in [0, 0.05) is 0 Å². The molecule has 84 valence electrons. The van der Waals surface area contributed by atoms with Gasteiger partial charge in [0.2, 0.25) is 0 Å². The second-order valence-corrected chi connectivity index (χ2v) is 3.14. The van der Waals surface area contributed by atoms with Gasteiger partial charge in [-0.25, -0.2) is 0 Å². The fraction of sp³-hybridized carbons (Fsp3) is 0.167. The second kappa shape index (κ2) is 5.70. The summed E-state index contributed by atoms with van der Waals surface area (Å²) in [6.45, 7) is 0. The molecule has 0 bridgehead atoms. The number of allylic oxidation sites excluding steroid dienone is 1. The van der Waals surface area contributed by atoms with Crippen LogP contribution in [0.5, 0.6) is 5.75 Å². The van der Waals surface area contributed by atoms with Crippen LogP contribution in [-0.2, 0) is 9.59 Å². The topological polar surface area (TPSA) is 63.6 Å². The van der Waals surface area contributed by atoms with Gasteiger partial charge in [0.05, 0.1) is 7.11 Å². The number of hydrogen-bond donors (Lipinski definition) is 1. The smallest absolute Gasteiger partial charge is 0.311 e. The van der Waals surface area contributed by atoms with Gasteiger partial charge in [0.1, 0.15) is 12.2 Å². The lowest BCUT2D eigenvalue weighted by atomic mass is 10.1. The zero-order valence-electron chi connectivity index (χ0n) is 8.84. The van der Waals surface area contributed by atoms with Gasteiger partial charge in [-0.15, -0.1) is 0 Å². The molecule has 0 amide bonds. The van der Waals surface area contributed by atoms with Crippen LogP contribution in [0.4, 0.5) is 0 Å². The molecule has 0 heterocycles. The number of hydrogen-bond acceptors (Lipinski definition) is 3. The van der Waals surface area contributed by atoms with E-state index in [1.54, 1.807) is 37.5 Å². The summed E-state index contributed by atoms with van der Waals surface area (Å²) in [5, 5.41) is 8.38. The Kier molecular flexibility index (Phi) is 4.27. The minimum Gasteiger partial charge on any atom is -0.497 e. The van der Waals surface area contributed by atoms with Crippen molar-refractivity contribution in [1.29, 1.82) is 0 Å². The maximum Gasteiger partial charge on any atom is 0.311 e. The first-order valence-electron chi connectivity index (χ1n) is 4.68. The summed E-state index contributed by atoms with van der Waals surface area (Å²) in [4.78, 5) is 21.3. The van der Waals surface area contributed by atoms with Crippen LogP contribution in [-0.4, -0.2) is 24.0 Å². The van der Waals surface area contributed by atoms with Gasteiger partial charge in [-0.2, -0.15) is 0 Å². The van der Waals surface area contributed by atoms with Crippen LogP contribution in [0.3, 0.4) is 0 Å². The van der Waals surface area contributed by atoms with Crippen LogP contribution in [0.15, 0.2) is 30.3 Å². The molecule has 0 saturated heterocycles. The second-order valence-electron chi connectivity index (χ2n) is 3.14. The molecule has 1 aromatic rings. The molecule has 0 aliphatic rings. The first kappa shape index (κ1) is 12.0. The fourth-order valence-electron chi connectivity index (χ4n) is 1.11. The third-order valence-electron chi connectivity index (χ3n) is 1.90. The number of carboxylic acids is 1. The van der Waals surface area contributed by atoms with Crippen molar-refractivity contribution in [2.75, 3.05) is 7.11 Å². The van der Waals surface area contributed by atoms with E-state index in [1.165, 1.54) is 6.08 Å². The van der Waals surface area contributed by atoms with Crippen molar-refractivity contribution in [3.63, 3.8) is 0 Å². The Morgan fingerprint density at radius 3 is 2.44 bits per heavy atom. The van der Waals surface area contributed by atoms with Gasteiger partial charge in [-0.05, 0) is 23.8 Å². The summed E-state index contributed by atoms with van der Waals surface area (Å²) in [6.07, 6.45) is 2.35. The van der Waals surface area contributed by atoms with E-state index in [-0.39, 0.29) is 0 Å². The Balaban J connectivity index is 2.62. The monoisotopic (exact) mass is 220 g/mol. The van der Waals surface area contributed by atoms with E-state index in [4.69, 9.17) is 9.84 Å². The maximum absolute atomic E-state index is 11.1. The average Bonchev–Trinajstić information content (AvgIpc) is 2.26. The molecule has 0 radical (unpaired) electrons. The van der Waals surface area contributed by atoms with Gasteiger partial charge in [0.25, 0.3) is 0 Å². The Morgan fingerprint density at radius 2 is 1.94 bits per heavy atom. The predicted molar refractivity (Wildman–Crippen MR) is 59.3 cm³/mol. The van der Waals surface area contributed by atoms with E-state index in [0.717, 1.165) is 11.3 Å². The molecule has 1 aromatic carbocycles. The first-order valence-corrected chi connectivity index (χ1v) is 4.68. The highest BCUT2D eigenvalue weighted by molar-refractivity contribution is 6.03. The molecule has 1 rings (SSSR count). The van der Waals surface area contributed by atoms with Crippen LogP contribution < -0.4 is 4.74 Å². The Labute approximate surface area is 93.2 Å². The van der Waals surface area contributed by atoms with Crippen LogP contribution in [0.2, 0.25) is 0 Å². The molecule has 0 unspecified atom stereocenters. The van der Waals surface area contributed by atoms with E-state index in [0.29, 0.717) is 0 Å². The highest BCUT2D eigenvalue weighted by Crippen LogP contribution is 2.12. The molecule has 0 spiro atoms. The maximum atomic E-state index is 11.1. The molecular formula is C12H12O4. The molecular weight excluding hydrogens is 208 g/mol. The molecule has 0 saturated carbocycles. The Hall–Kier alpha value is -2.10. The van der Waals surface area contributed by atoms with Crippen LogP contribution in [0.25, 0.3) is 6.08 Å². The normalized spacial score (nSPS) is 10.3. The van der Waals surface area contributed by atoms with Crippen LogP contribution in [0.1, 0.15) is 12.0 Å². The number of carbonyl (C=O) groups is 2. The Bertz CT molecular complexity index is 404. The lowest BCUT2D eigenvalue weighted by Crippen LogP contribution is -2.02. The van der Waals surface area contributed by atoms with Crippen LogP contribution >= 0.6 is 0 Å². The minimum atomic E-state index is -1.12. The first-order chi connectivity index (χ1) is 7.61. The number of carboxylic acid groups (broad SMARTS) is 1. The molecule has 0 fully saturated rings. The van der Waals surface area contributed by atoms with Gasteiger partial charge in [-0.1, -0.05) is 18.2 Å². The average molecular weight is 220 g/mol. The molecule has 16 heavy (non-hydrogen) atoms. The zero-order chi connectivity index (χ0) is 12.0. The quantitative estimate of drug-likeness (QED) is 0.606. The summed E-state index contributed by atoms with van der Waals surface area (Å²) in [6, 6.07) is 7.09. The molecule has 0 aliphatic carbocycles. The summed E-state index contributed by atoms with van der Waals surface area (Å²) in [7, 11) is 1.57. The van der Waals surface area contributed by atoms with Crippen LogP contribution in [0, 0.1) is 0 Å². The van der Waals surface area contributed by atoms with Crippen molar-refractivity contribution >= 4 is 17.8 Å². The third-order valence-corrected chi connectivity index (χ3v) is 1.90. The molecule has 0 aromatic heterocycles. The Morgan fingerprint density at radius 1 is 1.31 bits per heavy atom. The van der Waals surface area contributed by atoms with E-state index >= 15 is 0 Å². The largest absolute Gasteiger partial charge is 0.497 e. The third kappa shape index (κ3) is 3.96. The summed E-state index contributed by atoms with van der Waals surface area (Å²) < 4.78 is 4.98. The lowest BCUT2D eigenvalue weighted by Gasteiger charge is -1.98. The van der Waals surface area contributed by atoms with Gasteiger partial charge in [-0.3, -0.25) is 9.59 Å². The predicted octanol–water partition coefficient (Wildman–Crippen LogP) is 1.75. The molecule has 0 atom stereocenters. The molecule has 4 heteroatoms. The van der Waals surface area contributed by atoms with E-state index in [2.05, 4.69) is 0 Å². The van der Waals surface area contributed by atoms with Crippen molar-refractivity contribution in [3.8, 4) is 5.75 Å². The highest BCUT2D eigenvalue weighted by Gasteiger charge is 2.02. The fourth-order valence-corrected chi connectivity index (χ4v) is 1.11. The van der Waals surface area contributed by atoms with Crippen molar-refractivity contribution in [2.45, 2.75) is 6.42 Å². The summed E-state index contributed by atoms with van der Waals surface area (Å²) >= 11 is 0. The van der Waals surface area contributed by atoms with E-state index in [1.807, 2.05) is 0 Å². The standard InChI is InChI=1S/C12H12O4/c1-16-11-6-3-9(4-7-11)2-5-10(13)8-12(14)15/h2-7H,8H2,1H3,(H,14,15). The zero-order valence-corrected chi connectivity index (χ0v) is 8.84. The number of carbonyl (C=O) groups excluding carboxylic acids is 1. The molecule has 4 nitrogen and oxygen atoms in total.